The van der Waals surface area contributed by atoms with E-state index in [1.807, 2.05) is 0 Å². The van der Waals surface area contributed by atoms with Crippen LogP contribution in [0.25, 0.3) is 0 Å². The van der Waals surface area contributed by atoms with Crippen LogP contribution in [0.3, 0.4) is 0 Å². The van der Waals surface area contributed by atoms with Crippen LogP contribution in [0.5, 0.6) is 0 Å². The van der Waals surface area contributed by atoms with Crippen LogP contribution < -0.4 is 5.32 Å². The molecule has 0 aliphatic heterocycles. The highest BCUT2D eigenvalue weighted by molar-refractivity contribution is 9.09. The lowest BCUT2D eigenvalue weighted by molar-refractivity contribution is -0.124. The Labute approximate surface area is 111 Å². The summed E-state index contributed by atoms with van der Waals surface area (Å²) in [4.78, 5) is 12.0. The first-order valence-electron chi connectivity index (χ1n) is 6.21. The van der Waals surface area contributed by atoms with Crippen LogP contribution in [0.15, 0.2) is 24.3 Å². The van der Waals surface area contributed by atoms with Crippen molar-refractivity contribution in [2.75, 3.05) is 11.9 Å². The quantitative estimate of drug-likeness (QED) is 0.657. The SMILES string of the molecule is O=C(NCCCCBr)C1Cc2ccccc2C1. The Bertz CT molecular complexity index is 367. The van der Waals surface area contributed by atoms with E-state index in [1.165, 1.54) is 11.1 Å². The monoisotopic (exact) mass is 295 g/mol. The summed E-state index contributed by atoms with van der Waals surface area (Å²) in [5.74, 6) is 0.368. The summed E-state index contributed by atoms with van der Waals surface area (Å²) in [5, 5.41) is 4.05. The van der Waals surface area contributed by atoms with Gasteiger partial charge in [0.05, 0.1) is 0 Å². The average Bonchev–Trinajstić information content (AvgIpc) is 2.78. The second-order valence-electron chi connectivity index (χ2n) is 4.56. The zero-order valence-electron chi connectivity index (χ0n) is 9.92. The Morgan fingerprint density at radius 2 is 1.88 bits per heavy atom. The van der Waals surface area contributed by atoms with E-state index in [-0.39, 0.29) is 11.8 Å². The van der Waals surface area contributed by atoms with Crippen LogP contribution in [0.4, 0.5) is 0 Å². The number of hydrogen-bond acceptors (Lipinski definition) is 1. The van der Waals surface area contributed by atoms with Gasteiger partial charge in [0.15, 0.2) is 0 Å². The molecule has 92 valence electrons. The number of carbonyl (C=O) groups excluding carboxylic acids is 1. The Hall–Kier alpha value is -0.830. The summed E-state index contributed by atoms with van der Waals surface area (Å²) >= 11 is 3.39. The number of hydrogen-bond donors (Lipinski definition) is 1. The number of amides is 1. The number of rotatable bonds is 5. The first-order chi connectivity index (χ1) is 8.31. The first-order valence-corrected chi connectivity index (χ1v) is 7.34. The summed E-state index contributed by atoms with van der Waals surface area (Å²) < 4.78 is 0. The molecule has 3 heteroatoms. The number of halogens is 1. The van der Waals surface area contributed by atoms with Crippen LogP contribution in [-0.4, -0.2) is 17.8 Å². The molecule has 0 radical (unpaired) electrons. The van der Waals surface area contributed by atoms with Crippen molar-refractivity contribution in [2.45, 2.75) is 25.7 Å². The first kappa shape index (κ1) is 12.6. The molecular weight excluding hydrogens is 278 g/mol. The summed E-state index contributed by atoms with van der Waals surface area (Å²) in [6.07, 6.45) is 3.97. The van der Waals surface area contributed by atoms with Gasteiger partial charge in [-0.05, 0) is 36.8 Å². The Kier molecular flexibility index (Phi) is 4.60. The fourth-order valence-corrected chi connectivity index (χ4v) is 2.72. The molecule has 0 heterocycles. The summed E-state index contributed by atoms with van der Waals surface area (Å²) in [6, 6.07) is 8.37. The van der Waals surface area contributed by atoms with E-state index >= 15 is 0 Å². The van der Waals surface area contributed by atoms with Crippen LogP contribution in [0.1, 0.15) is 24.0 Å². The number of nitrogens with one attached hydrogen (secondary N) is 1. The van der Waals surface area contributed by atoms with E-state index in [0.717, 1.165) is 37.6 Å². The summed E-state index contributed by atoms with van der Waals surface area (Å²) in [5.41, 5.74) is 2.68. The van der Waals surface area contributed by atoms with Gasteiger partial charge in [-0.15, -0.1) is 0 Å². The van der Waals surface area contributed by atoms with Crippen LogP contribution >= 0.6 is 15.9 Å². The maximum absolute atomic E-state index is 12.0. The summed E-state index contributed by atoms with van der Waals surface area (Å²) in [7, 11) is 0. The average molecular weight is 296 g/mol. The summed E-state index contributed by atoms with van der Waals surface area (Å²) in [6.45, 7) is 0.803. The number of fused-ring (bicyclic) bond motifs is 1. The third-order valence-electron chi connectivity index (χ3n) is 3.28. The topological polar surface area (TPSA) is 29.1 Å². The van der Waals surface area contributed by atoms with Crippen molar-refractivity contribution < 1.29 is 4.79 Å². The molecule has 2 nitrogen and oxygen atoms in total. The lowest BCUT2D eigenvalue weighted by Gasteiger charge is -2.09. The zero-order valence-corrected chi connectivity index (χ0v) is 11.5. The molecular formula is C14H18BrNO. The van der Waals surface area contributed by atoms with E-state index in [2.05, 4.69) is 45.5 Å². The van der Waals surface area contributed by atoms with Crippen molar-refractivity contribution in [3.8, 4) is 0 Å². The molecule has 1 amide bonds. The van der Waals surface area contributed by atoms with Gasteiger partial charge in [0.25, 0.3) is 0 Å². The fourth-order valence-electron chi connectivity index (χ4n) is 2.32. The molecule has 0 spiro atoms. The number of unbranched alkanes of at least 4 members (excludes halogenated alkanes) is 1. The number of alkyl halides is 1. The predicted molar refractivity (Wildman–Crippen MR) is 73.4 cm³/mol. The zero-order chi connectivity index (χ0) is 12.1. The fraction of sp³-hybridized carbons (Fsp3) is 0.500. The lowest BCUT2D eigenvalue weighted by atomic mass is 10.1. The van der Waals surface area contributed by atoms with Gasteiger partial charge in [-0.1, -0.05) is 40.2 Å². The number of benzene rings is 1. The Morgan fingerprint density at radius 1 is 1.24 bits per heavy atom. The lowest BCUT2D eigenvalue weighted by Crippen LogP contribution is -2.31. The van der Waals surface area contributed by atoms with E-state index in [0.29, 0.717) is 0 Å². The van der Waals surface area contributed by atoms with Gasteiger partial charge in [-0.2, -0.15) is 0 Å². The molecule has 0 atom stereocenters. The molecule has 1 N–H and O–H groups in total. The van der Waals surface area contributed by atoms with Crippen molar-refractivity contribution in [1.29, 1.82) is 0 Å². The van der Waals surface area contributed by atoms with Crippen LogP contribution in [0.2, 0.25) is 0 Å². The van der Waals surface area contributed by atoms with Crippen LogP contribution in [0, 0.1) is 5.92 Å². The van der Waals surface area contributed by atoms with E-state index in [9.17, 15) is 4.79 Å². The van der Waals surface area contributed by atoms with Gasteiger partial charge < -0.3 is 5.32 Å². The standard InChI is InChI=1S/C14H18BrNO/c15-7-3-4-8-16-14(17)13-9-11-5-1-2-6-12(11)10-13/h1-2,5-6,13H,3-4,7-10H2,(H,16,17). The van der Waals surface area contributed by atoms with Crippen molar-refractivity contribution in [3.05, 3.63) is 35.4 Å². The Balaban J connectivity index is 1.80. The minimum Gasteiger partial charge on any atom is -0.356 e. The smallest absolute Gasteiger partial charge is 0.223 e. The molecule has 1 aromatic carbocycles. The maximum atomic E-state index is 12.0. The van der Waals surface area contributed by atoms with Gasteiger partial charge >= 0.3 is 0 Å². The Morgan fingerprint density at radius 3 is 2.47 bits per heavy atom. The predicted octanol–water partition coefficient (Wildman–Crippen LogP) is 2.69. The van der Waals surface area contributed by atoms with Gasteiger partial charge in [0, 0.05) is 17.8 Å². The van der Waals surface area contributed by atoms with E-state index in [1.54, 1.807) is 0 Å². The minimum absolute atomic E-state index is 0.149. The second kappa shape index (κ2) is 6.20. The molecule has 0 fully saturated rings. The molecule has 0 bridgehead atoms. The van der Waals surface area contributed by atoms with Gasteiger partial charge in [0.2, 0.25) is 5.91 Å². The highest BCUT2D eigenvalue weighted by atomic mass is 79.9. The van der Waals surface area contributed by atoms with Crippen molar-refractivity contribution in [3.63, 3.8) is 0 Å². The number of carbonyl (C=O) groups is 1. The highest BCUT2D eigenvalue weighted by Gasteiger charge is 2.26. The molecule has 1 aliphatic rings. The molecule has 0 saturated carbocycles. The largest absolute Gasteiger partial charge is 0.356 e. The molecule has 17 heavy (non-hydrogen) atoms. The molecule has 1 aromatic rings. The van der Waals surface area contributed by atoms with Crippen molar-refractivity contribution >= 4 is 21.8 Å². The van der Waals surface area contributed by atoms with Gasteiger partial charge in [0.1, 0.15) is 0 Å². The van der Waals surface area contributed by atoms with E-state index < -0.39 is 0 Å². The molecule has 2 rings (SSSR count). The van der Waals surface area contributed by atoms with Crippen molar-refractivity contribution in [1.82, 2.24) is 5.32 Å². The van der Waals surface area contributed by atoms with Gasteiger partial charge in [-0.25, -0.2) is 0 Å². The third kappa shape index (κ3) is 3.32. The highest BCUT2D eigenvalue weighted by Crippen LogP contribution is 2.26. The minimum atomic E-state index is 0.149. The van der Waals surface area contributed by atoms with Gasteiger partial charge in [-0.3, -0.25) is 4.79 Å². The molecule has 0 saturated heterocycles. The molecule has 1 aliphatic carbocycles. The molecule has 0 unspecified atom stereocenters. The molecule has 0 aromatic heterocycles. The van der Waals surface area contributed by atoms with E-state index in [4.69, 9.17) is 0 Å². The van der Waals surface area contributed by atoms with Crippen molar-refractivity contribution in [2.24, 2.45) is 5.92 Å². The normalized spacial score (nSPS) is 14.6. The third-order valence-corrected chi connectivity index (χ3v) is 3.84. The second-order valence-corrected chi connectivity index (χ2v) is 5.35. The van der Waals surface area contributed by atoms with Crippen LogP contribution in [-0.2, 0) is 17.6 Å². The maximum Gasteiger partial charge on any atom is 0.223 e.